The molecule has 2 heterocycles. The van der Waals surface area contributed by atoms with Crippen molar-refractivity contribution < 1.29 is 14.7 Å². The minimum atomic E-state index is -1.41. The lowest BCUT2D eigenvalue weighted by molar-refractivity contribution is -0.143. The molecule has 0 aromatic heterocycles. The second kappa shape index (κ2) is 4.96. The van der Waals surface area contributed by atoms with E-state index in [0.29, 0.717) is 36.7 Å². The van der Waals surface area contributed by atoms with Gasteiger partial charge < -0.3 is 15.3 Å². The molecule has 0 saturated carbocycles. The van der Waals surface area contributed by atoms with Crippen LogP contribution in [-0.2, 0) is 9.59 Å². The first-order valence-corrected chi connectivity index (χ1v) is 6.92. The van der Waals surface area contributed by atoms with Crippen LogP contribution in [0.25, 0.3) is 0 Å². The molecule has 1 amide bonds. The van der Waals surface area contributed by atoms with Gasteiger partial charge in [-0.2, -0.15) is 0 Å². The van der Waals surface area contributed by atoms with E-state index in [1.54, 1.807) is 11.8 Å². The summed E-state index contributed by atoms with van der Waals surface area (Å²) in [5.41, 5.74) is -0.954. The number of aliphatic hydroxyl groups is 1. The first-order chi connectivity index (χ1) is 8.86. The molecule has 0 spiro atoms. The van der Waals surface area contributed by atoms with Crippen LogP contribution in [0.1, 0.15) is 46.5 Å². The van der Waals surface area contributed by atoms with Gasteiger partial charge in [-0.05, 0) is 25.7 Å². The summed E-state index contributed by atoms with van der Waals surface area (Å²) in [7, 11) is 0. The number of nitrogens with zero attached hydrogens (tertiary/aromatic N) is 1. The van der Waals surface area contributed by atoms with Crippen molar-refractivity contribution in [3.63, 3.8) is 0 Å². The Morgan fingerprint density at radius 3 is 2.84 bits per heavy atom. The summed E-state index contributed by atoms with van der Waals surface area (Å²) in [6.07, 6.45) is 2.46. The summed E-state index contributed by atoms with van der Waals surface area (Å²) >= 11 is 0. The van der Waals surface area contributed by atoms with Crippen LogP contribution >= 0.6 is 0 Å². The summed E-state index contributed by atoms with van der Waals surface area (Å²) in [6, 6.07) is 0. The van der Waals surface area contributed by atoms with E-state index >= 15 is 0 Å². The van der Waals surface area contributed by atoms with Gasteiger partial charge in [0.1, 0.15) is 5.82 Å². The summed E-state index contributed by atoms with van der Waals surface area (Å²) in [6.45, 7) is 6.41. The maximum atomic E-state index is 12.1. The third-order valence-electron chi connectivity index (χ3n) is 3.89. The monoisotopic (exact) mass is 266 g/mol. The Hall–Kier alpha value is -1.36. The van der Waals surface area contributed by atoms with E-state index in [4.69, 9.17) is 0 Å². The first kappa shape index (κ1) is 14.1. The molecule has 0 radical (unpaired) electrons. The fraction of sp³-hybridized carbons (Fsp3) is 0.714. The first-order valence-electron chi connectivity index (χ1n) is 6.92. The molecular formula is C14H22N2O3. The number of carbonyl (C=O) groups excluding carboxylic acids is 2. The highest BCUT2D eigenvalue weighted by atomic mass is 16.3. The Kier molecular flexibility index (Phi) is 3.67. The molecule has 5 heteroatoms. The molecule has 0 aromatic carbocycles. The molecule has 106 valence electrons. The molecule has 0 aliphatic carbocycles. The number of hydrogen-bond acceptors (Lipinski definition) is 4. The lowest BCUT2D eigenvalue weighted by Crippen LogP contribution is -2.46. The highest BCUT2D eigenvalue weighted by Crippen LogP contribution is 2.39. The summed E-state index contributed by atoms with van der Waals surface area (Å²) in [5, 5.41) is 13.2. The van der Waals surface area contributed by atoms with Crippen molar-refractivity contribution >= 4 is 11.7 Å². The van der Waals surface area contributed by atoms with Crippen molar-refractivity contribution in [1.82, 2.24) is 10.2 Å². The maximum absolute atomic E-state index is 12.1. The van der Waals surface area contributed by atoms with Crippen molar-refractivity contribution in [1.29, 1.82) is 0 Å². The van der Waals surface area contributed by atoms with Crippen LogP contribution in [0.3, 0.4) is 0 Å². The van der Waals surface area contributed by atoms with E-state index in [-0.39, 0.29) is 11.7 Å². The van der Waals surface area contributed by atoms with Crippen LogP contribution in [-0.4, -0.2) is 34.0 Å². The van der Waals surface area contributed by atoms with E-state index in [0.717, 1.165) is 12.8 Å². The van der Waals surface area contributed by atoms with Gasteiger partial charge in [0.15, 0.2) is 0 Å². The van der Waals surface area contributed by atoms with Crippen LogP contribution in [0.5, 0.6) is 0 Å². The largest absolute Gasteiger partial charge is 0.364 e. The Morgan fingerprint density at radius 2 is 2.21 bits per heavy atom. The highest BCUT2D eigenvalue weighted by molar-refractivity contribution is 6.05. The molecule has 1 atom stereocenters. The minimum Gasteiger partial charge on any atom is -0.364 e. The van der Waals surface area contributed by atoms with Gasteiger partial charge in [0.2, 0.25) is 17.4 Å². The lowest BCUT2D eigenvalue weighted by Gasteiger charge is -2.28. The molecule has 2 aliphatic heterocycles. The van der Waals surface area contributed by atoms with E-state index in [1.807, 2.05) is 0 Å². The molecule has 1 unspecified atom stereocenters. The van der Waals surface area contributed by atoms with Gasteiger partial charge in [0, 0.05) is 25.0 Å². The number of carbonyl (C=O) groups is 2. The summed E-state index contributed by atoms with van der Waals surface area (Å²) < 4.78 is 0. The number of fused-ring (bicyclic) bond motifs is 1. The Labute approximate surface area is 113 Å². The average Bonchev–Trinajstić information content (AvgIpc) is 2.80. The Balaban J connectivity index is 2.07. The van der Waals surface area contributed by atoms with E-state index in [1.165, 1.54) is 0 Å². The highest BCUT2D eigenvalue weighted by Gasteiger charge is 2.53. The van der Waals surface area contributed by atoms with Crippen molar-refractivity contribution in [3.05, 3.63) is 11.4 Å². The van der Waals surface area contributed by atoms with Crippen molar-refractivity contribution in [2.24, 2.45) is 5.92 Å². The summed E-state index contributed by atoms with van der Waals surface area (Å²) in [5.74, 6) is 0.602. The van der Waals surface area contributed by atoms with E-state index in [2.05, 4.69) is 19.2 Å². The Morgan fingerprint density at radius 1 is 1.53 bits per heavy atom. The molecule has 0 aromatic rings. The summed E-state index contributed by atoms with van der Waals surface area (Å²) in [4.78, 5) is 25.6. The predicted molar refractivity (Wildman–Crippen MR) is 70.8 cm³/mol. The zero-order valence-corrected chi connectivity index (χ0v) is 11.8. The van der Waals surface area contributed by atoms with Gasteiger partial charge in [0.25, 0.3) is 0 Å². The molecule has 2 aliphatic rings. The quantitative estimate of drug-likeness (QED) is 0.800. The minimum absolute atomic E-state index is 0.0907. The molecule has 19 heavy (non-hydrogen) atoms. The van der Waals surface area contributed by atoms with Crippen LogP contribution < -0.4 is 5.32 Å². The zero-order valence-electron chi connectivity index (χ0n) is 11.8. The number of nitrogens with one attached hydrogen (secondary N) is 1. The van der Waals surface area contributed by atoms with Gasteiger partial charge in [-0.15, -0.1) is 0 Å². The zero-order chi connectivity index (χ0) is 14.2. The maximum Gasteiger partial charge on any atom is 0.225 e. The smallest absolute Gasteiger partial charge is 0.225 e. The van der Waals surface area contributed by atoms with Gasteiger partial charge >= 0.3 is 0 Å². The van der Waals surface area contributed by atoms with Crippen molar-refractivity contribution in [2.75, 3.05) is 6.54 Å². The lowest BCUT2D eigenvalue weighted by atomic mass is 10.0. The van der Waals surface area contributed by atoms with Gasteiger partial charge in [-0.3, -0.25) is 9.59 Å². The average molecular weight is 266 g/mol. The van der Waals surface area contributed by atoms with Crippen molar-refractivity contribution in [2.45, 2.75) is 52.2 Å². The van der Waals surface area contributed by atoms with Crippen LogP contribution in [0.4, 0.5) is 0 Å². The SMILES string of the molecule is CC1=C(NC(=O)CCC(C)C)N2CCCC2(O)C1=O. The molecule has 2 N–H and O–H groups in total. The third kappa shape index (κ3) is 2.39. The van der Waals surface area contributed by atoms with Gasteiger partial charge in [0.05, 0.1) is 0 Å². The Bertz CT molecular complexity index is 442. The molecule has 2 rings (SSSR count). The van der Waals surface area contributed by atoms with E-state index in [9.17, 15) is 14.7 Å². The molecule has 5 nitrogen and oxygen atoms in total. The second-order valence-corrected chi connectivity index (χ2v) is 5.86. The normalized spacial score (nSPS) is 26.4. The number of ketones is 1. The number of hydrogen-bond donors (Lipinski definition) is 2. The van der Waals surface area contributed by atoms with Crippen LogP contribution in [0, 0.1) is 5.92 Å². The number of rotatable bonds is 4. The van der Waals surface area contributed by atoms with Crippen LogP contribution in [0.2, 0.25) is 0 Å². The molecule has 1 fully saturated rings. The second-order valence-electron chi connectivity index (χ2n) is 5.86. The standard InChI is InChI=1S/C14H22N2O3/c1-9(2)5-6-11(17)15-13-10(3)12(18)14(19)7-4-8-16(13)14/h9,19H,4-8H2,1-3H3,(H,15,17). The van der Waals surface area contributed by atoms with Gasteiger partial charge in [-0.25, -0.2) is 0 Å². The molecular weight excluding hydrogens is 244 g/mol. The molecule has 0 bridgehead atoms. The topological polar surface area (TPSA) is 69.6 Å². The van der Waals surface area contributed by atoms with Crippen molar-refractivity contribution in [3.8, 4) is 0 Å². The fourth-order valence-corrected chi connectivity index (χ4v) is 2.72. The van der Waals surface area contributed by atoms with Gasteiger partial charge in [-0.1, -0.05) is 13.8 Å². The molecule has 1 saturated heterocycles. The van der Waals surface area contributed by atoms with Crippen LogP contribution in [0.15, 0.2) is 11.4 Å². The van der Waals surface area contributed by atoms with E-state index < -0.39 is 5.72 Å². The predicted octanol–water partition coefficient (Wildman–Crippen LogP) is 1.14. The third-order valence-corrected chi connectivity index (χ3v) is 3.89. The fourth-order valence-electron chi connectivity index (χ4n) is 2.72. The number of Topliss-reactive ketones (excluding diaryl/α,β-unsaturated/α-hetero) is 1. The number of amides is 1.